The van der Waals surface area contributed by atoms with Gasteiger partial charge < -0.3 is 4.74 Å². The van der Waals surface area contributed by atoms with Crippen molar-refractivity contribution in [2.75, 3.05) is 7.11 Å². The number of aromatic nitrogens is 2. The van der Waals surface area contributed by atoms with Crippen LogP contribution < -0.4 is 10.2 Å². The van der Waals surface area contributed by atoms with E-state index >= 15 is 0 Å². The number of nitrogens with zero attached hydrogens (tertiary/aromatic N) is 2. The number of benzene rings is 2. The first kappa shape index (κ1) is 16.7. The number of hydrogen-bond acceptors (Lipinski definition) is 4. The van der Waals surface area contributed by atoms with Crippen molar-refractivity contribution in [3.8, 4) is 17.0 Å². The second-order valence-corrected chi connectivity index (χ2v) is 5.59. The molecule has 0 radical (unpaired) electrons. The molecule has 0 saturated carbocycles. The maximum atomic E-state index is 12.1. The second kappa shape index (κ2) is 7.63. The third-order valence-corrected chi connectivity index (χ3v) is 3.69. The van der Waals surface area contributed by atoms with Gasteiger partial charge in [-0.15, -0.1) is 0 Å². The second-order valence-electron chi connectivity index (χ2n) is 5.15. The molecule has 3 rings (SSSR count). The lowest BCUT2D eigenvalue weighted by Crippen LogP contribution is -2.18. The van der Waals surface area contributed by atoms with Gasteiger partial charge in [0.25, 0.3) is 5.91 Å². The van der Waals surface area contributed by atoms with Crippen LogP contribution in [0.1, 0.15) is 16.1 Å². The fourth-order valence-electron chi connectivity index (χ4n) is 2.15. The van der Waals surface area contributed by atoms with Crippen molar-refractivity contribution in [3.05, 3.63) is 70.9 Å². The molecule has 2 N–H and O–H groups in total. The summed E-state index contributed by atoms with van der Waals surface area (Å²) in [5.41, 5.74) is 5.09. The van der Waals surface area contributed by atoms with Crippen molar-refractivity contribution in [1.82, 2.24) is 15.6 Å². The van der Waals surface area contributed by atoms with Gasteiger partial charge in [0.05, 0.1) is 19.0 Å². The first-order valence-electron chi connectivity index (χ1n) is 7.44. The summed E-state index contributed by atoms with van der Waals surface area (Å²) in [5.74, 6) is 0.336. The normalized spacial score (nSPS) is 10.8. The highest BCUT2D eigenvalue weighted by Crippen LogP contribution is 2.20. The third kappa shape index (κ3) is 4.24. The van der Waals surface area contributed by atoms with E-state index in [1.165, 1.54) is 6.21 Å². The fraction of sp³-hybridized carbons (Fsp3) is 0.0556. The van der Waals surface area contributed by atoms with E-state index in [0.717, 1.165) is 16.9 Å². The number of rotatable bonds is 5. The number of amides is 1. The Kier molecular flexibility index (Phi) is 5.11. The molecule has 25 heavy (non-hydrogen) atoms. The molecule has 0 aliphatic carbocycles. The molecular formula is C18H15ClN4O2. The van der Waals surface area contributed by atoms with Gasteiger partial charge in [0, 0.05) is 10.6 Å². The Morgan fingerprint density at radius 1 is 1.24 bits per heavy atom. The molecule has 1 amide bonds. The highest BCUT2D eigenvalue weighted by Gasteiger charge is 2.10. The quantitative estimate of drug-likeness (QED) is 0.543. The van der Waals surface area contributed by atoms with E-state index in [4.69, 9.17) is 16.3 Å². The number of H-pyrrole nitrogens is 1. The van der Waals surface area contributed by atoms with Crippen molar-refractivity contribution in [3.63, 3.8) is 0 Å². The van der Waals surface area contributed by atoms with Crippen LogP contribution in [0.15, 0.2) is 59.7 Å². The lowest BCUT2D eigenvalue weighted by molar-refractivity contribution is 0.0950. The Balaban J connectivity index is 1.65. The van der Waals surface area contributed by atoms with Crippen molar-refractivity contribution in [2.24, 2.45) is 5.10 Å². The van der Waals surface area contributed by atoms with Gasteiger partial charge >= 0.3 is 0 Å². The molecule has 0 unspecified atom stereocenters. The number of aromatic amines is 1. The molecule has 7 heteroatoms. The summed E-state index contributed by atoms with van der Waals surface area (Å²) < 4.78 is 5.13. The number of ether oxygens (including phenoxy) is 1. The predicted molar refractivity (Wildman–Crippen MR) is 97.1 cm³/mol. The van der Waals surface area contributed by atoms with Crippen LogP contribution in [0, 0.1) is 0 Å². The number of nitrogens with one attached hydrogen (secondary N) is 2. The summed E-state index contributed by atoms with van der Waals surface area (Å²) in [6, 6.07) is 16.2. The lowest BCUT2D eigenvalue weighted by Gasteiger charge is -2.00. The zero-order valence-electron chi connectivity index (χ0n) is 13.4. The van der Waals surface area contributed by atoms with Crippen LogP contribution >= 0.6 is 11.6 Å². The minimum Gasteiger partial charge on any atom is -0.497 e. The van der Waals surface area contributed by atoms with Gasteiger partial charge in [0.1, 0.15) is 11.4 Å². The highest BCUT2D eigenvalue weighted by atomic mass is 35.5. The van der Waals surface area contributed by atoms with Gasteiger partial charge in [0.15, 0.2) is 0 Å². The monoisotopic (exact) mass is 354 g/mol. The van der Waals surface area contributed by atoms with Crippen LogP contribution in [-0.4, -0.2) is 29.4 Å². The molecule has 1 heterocycles. The zero-order valence-corrected chi connectivity index (χ0v) is 14.1. The molecule has 0 fully saturated rings. The van der Waals surface area contributed by atoms with E-state index in [2.05, 4.69) is 20.7 Å². The van der Waals surface area contributed by atoms with E-state index < -0.39 is 0 Å². The Hall–Kier alpha value is -3.12. The Labute approximate surface area is 149 Å². The molecule has 0 aliphatic heterocycles. The van der Waals surface area contributed by atoms with Crippen molar-refractivity contribution < 1.29 is 9.53 Å². The van der Waals surface area contributed by atoms with Gasteiger partial charge in [-0.3, -0.25) is 9.89 Å². The van der Waals surface area contributed by atoms with Crippen LogP contribution in [0.5, 0.6) is 5.75 Å². The Bertz CT molecular complexity index is 903. The van der Waals surface area contributed by atoms with Crippen molar-refractivity contribution >= 4 is 23.7 Å². The molecule has 0 saturated heterocycles. The summed E-state index contributed by atoms with van der Waals surface area (Å²) in [6.45, 7) is 0. The average molecular weight is 355 g/mol. The third-order valence-electron chi connectivity index (χ3n) is 3.44. The zero-order chi connectivity index (χ0) is 17.6. The number of hydrogen-bond donors (Lipinski definition) is 2. The first-order valence-corrected chi connectivity index (χ1v) is 7.82. The SMILES string of the molecule is COc1cccc(C=NNC(=O)c2cc(-c3ccc(Cl)cc3)n[nH]2)c1. The maximum absolute atomic E-state index is 12.1. The molecule has 0 atom stereocenters. The highest BCUT2D eigenvalue weighted by molar-refractivity contribution is 6.30. The maximum Gasteiger partial charge on any atom is 0.289 e. The summed E-state index contributed by atoms with van der Waals surface area (Å²) in [5, 5.41) is 11.4. The summed E-state index contributed by atoms with van der Waals surface area (Å²) in [7, 11) is 1.59. The molecule has 1 aromatic heterocycles. The molecule has 6 nitrogen and oxygen atoms in total. The predicted octanol–water partition coefficient (Wildman–Crippen LogP) is 3.50. The Morgan fingerprint density at radius 2 is 2.04 bits per heavy atom. The number of carbonyl (C=O) groups excluding carboxylic acids is 1. The summed E-state index contributed by atoms with van der Waals surface area (Å²) in [4.78, 5) is 12.1. The van der Waals surface area contributed by atoms with Crippen LogP contribution in [0.2, 0.25) is 5.02 Å². The summed E-state index contributed by atoms with van der Waals surface area (Å²) in [6.07, 6.45) is 1.54. The Morgan fingerprint density at radius 3 is 2.80 bits per heavy atom. The van der Waals surface area contributed by atoms with Crippen LogP contribution in [0.4, 0.5) is 0 Å². The van der Waals surface area contributed by atoms with Gasteiger partial charge in [-0.05, 0) is 35.9 Å². The van der Waals surface area contributed by atoms with Crippen LogP contribution in [0.25, 0.3) is 11.3 Å². The van der Waals surface area contributed by atoms with E-state index in [1.807, 2.05) is 36.4 Å². The number of hydrazone groups is 1. The molecular weight excluding hydrogens is 340 g/mol. The number of halogens is 1. The van der Waals surface area contributed by atoms with Crippen LogP contribution in [-0.2, 0) is 0 Å². The minimum atomic E-state index is -0.383. The van der Waals surface area contributed by atoms with E-state index in [-0.39, 0.29) is 5.91 Å². The molecule has 3 aromatic rings. The van der Waals surface area contributed by atoms with E-state index in [1.54, 1.807) is 25.3 Å². The smallest absolute Gasteiger partial charge is 0.289 e. The molecule has 0 spiro atoms. The van der Waals surface area contributed by atoms with Gasteiger partial charge in [-0.1, -0.05) is 35.9 Å². The van der Waals surface area contributed by atoms with E-state index in [9.17, 15) is 4.79 Å². The minimum absolute atomic E-state index is 0.313. The van der Waals surface area contributed by atoms with Crippen molar-refractivity contribution in [1.29, 1.82) is 0 Å². The first-order chi connectivity index (χ1) is 12.2. The van der Waals surface area contributed by atoms with Gasteiger partial charge in [0.2, 0.25) is 0 Å². The summed E-state index contributed by atoms with van der Waals surface area (Å²) >= 11 is 5.87. The topological polar surface area (TPSA) is 79.4 Å². The largest absolute Gasteiger partial charge is 0.497 e. The molecule has 0 bridgehead atoms. The molecule has 2 aromatic carbocycles. The average Bonchev–Trinajstić information content (AvgIpc) is 3.12. The fourth-order valence-corrected chi connectivity index (χ4v) is 2.28. The van der Waals surface area contributed by atoms with Gasteiger partial charge in [-0.2, -0.15) is 10.2 Å². The molecule has 126 valence electrons. The lowest BCUT2D eigenvalue weighted by atomic mass is 10.1. The van der Waals surface area contributed by atoms with E-state index in [0.29, 0.717) is 16.4 Å². The molecule has 0 aliphatic rings. The standard InChI is InChI=1S/C18H15ClN4O2/c1-25-15-4-2-3-12(9-15)11-20-23-18(24)17-10-16(21-22-17)13-5-7-14(19)8-6-13/h2-11H,1H3,(H,21,22)(H,23,24). The number of methoxy groups -OCH3 is 1. The van der Waals surface area contributed by atoms with Crippen molar-refractivity contribution in [2.45, 2.75) is 0 Å². The van der Waals surface area contributed by atoms with Gasteiger partial charge in [-0.25, -0.2) is 5.43 Å². The van der Waals surface area contributed by atoms with Crippen LogP contribution in [0.3, 0.4) is 0 Å². The number of carbonyl (C=O) groups is 1.